The molecule has 0 aliphatic heterocycles. The number of hydrogen-bond donors (Lipinski definition) is 2. The Morgan fingerprint density at radius 2 is 2.05 bits per heavy atom. The van der Waals surface area contributed by atoms with Crippen molar-refractivity contribution in [3.63, 3.8) is 0 Å². The fourth-order valence-electron chi connectivity index (χ4n) is 2.58. The van der Waals surface area contributed by atoms with Gasteiger partial charge in [0.2, 0.25) is 0 Å². The summed E-state index contributed by atoms with van der Waals surface area (Å²) in [5, 5.41) is 12.4. The summed E-state index contributed by atoms with van der Waals surface area (Å²) in [5.41, 5.74) is -1.09. The molecule has 6 nitrogen and oxygen atoms in total. The molecule has 1 aliphatic carbocycles. The molecular weight excluding hydrogens is 260 g/mol. The Balaban J connectivity index is 2.22. The number of carbonyl (C=O) groups excluding carboxylic acids is 2. The van der Waals surface area contributed by atoms with Crippen LogP contribution in [0.2, 0.25) is 0 Å². The molecule has 0 radical (unpaired) electrons. The standard InChI is InChI=1S/C14H18N2O4/c1-20-13(19)14(7-3-2-4-8-14)16-12(18)11-10(17)6-5-9-15-11/h5-6,9,17H,2-4,7-8H2,1H3,(H,16,18). The highest BCUT2D eigenvalue weighted by Gasteiger charge is 2.42. The number of methoxy groups -OCH3 is 1. The van der Waals surface area contributed by atoms with E-state index in [1.807, 2.05) is 0 Å². The van der Waals surface area contributed by atoms with E-state index < -0.39 is 17.4 Å². The molecule has 1 aromatic rings. The van der Waals surface area contributed by atoms with Crippen LogP contribution in [0.15, 0.2) is 18.3 Å². The second-order valence-corrected chi connectivity index (χ2v) is 4.96. The average molecular weight is 278 g/mol. The Labute approximate surface area is 117 Å². The topological polar surface area (TPSA) is 88.5 Å². The molecule has 1 aromatic heterocycles. The number of nitrogens with one attached hydrogen (secondary N) is 1. The van der Waals surface area contributed by atoms with Crippen molar-refractivity contribution < 1.29 is 19.4 Å². The molecule has 1 heterocycles. The van der Waals surface area contributed by atoms with Crippen LogP contribution in [0.5, 0.6) is 5.75 Å². The molecule has 2 N–H and O–H groups in total. The van der Waals surface area contributed by atoms with Gasteiger partial charge in [-0.1, -0.05) is 19.3 Å². The highest BCUT2D eigenvalue weighted by Crippen LogP contribution is 2.30. The molecule has 2 rings (SSSR count). The lowest BCUT2D eigenvalue weighted by Gasteiger charge is -2.35. The maximum Gasteiger partial charge on any atom is 0.331 e. The van der Waals surface area contributed by atoms with Crippen molar-refractivity contribution in [1.29, 1.82) is 0 Å². The smallest absolute Gasteiger partial charge is 0.331 e. The second kappa shape index (κ2) is 5.90. The normalized spacial score (nSPS) is 17.2. The van der Waals surface area contributed by atoms with Crippen molar-refractivity contribution in [2.75, 3.05) is 7.11 Å². The summed E-state index contributed by atoms with van der Waals surface area (Å²) in [6, 6.07) is 2.91. The number of rotatable bonds is 3. The Hall–Kier alpha value is -2.11. The van der Waals surface area contributed by atoms with E-state index in [1.54, 1.807) is 0 Å². The Kier molecular flexibility index (Phi) is 4.22. The number of nitrogens with zero attached hydrogens (tertiary/aromatic N) is 1. The summed E-state index contributed by atoms with van der Waals surface area (Å²) in [5.74, 6) is -1.21. The van der Waals surface area contributed by atoms with Gasteiger partial charge in [0.1, 0.15) is 11.3 Å². The predicted octanol–water partition coefficient (Wildman–Crippen LogP) is 1.39. The summed E-state index contributed by atoms with van der Waals surface area (Å²) in [7, 11) is 1.31. The van der Waals surface area contributed by atoms with E-state index in [4.69, 9.17) is 4.74 Å². The molecule has 0 unspecified atom stereocenters. The van der Waals surface area contributed by atoms with Gasteiger partial charge in [-0.15, -0.1) is 0 Å². The molecule has 0 bridgehead atoms. The summed E-state index contributed by atoms with van der Waals surface area (Å²) >= 11 is 0. The van der Waals surface area contributed by atoms with Gasteiger partial charge >= 0.3 is 5.97 Å². The summed E-state index contributed by atoms with van der Waals surface area (Å²) in [4.78, 5) is 28.1. The molecule has 1 fully saturated rings. The van der Waals surface area contributed by atoms with Crippen LogP contribution < -0.4 is 5.32 Å². The maximum absolute atomic E-state index is 12.2. The van der Waals surface area contributed by atoms with Crippen LogP contribution in [0.4, 0.5) is 0 Å². The summed E-state index contributed by atoms with van der Waals surface area (Å²) < 4.78 is 4.82. The summed E-state index contributed by atoms with van der Waals surface area (Å²) in [6.45, 7) is 0. The van der Waals surface area contributed by atoms with E-state index in [2.05, 4.69) is 10.3 Å². The van der Waals surface area contributed by atoms with Gasteiger partial charge in [0.25, 0.3) is 5.91 Å². The highest BCUT2D eigenvalue weighted by atomic mass is 16.5. The van der Waals surface area contributed by atoms with E-state index in [1.165, 1.54) is 25.4 Å². The molecule has 1 amide bonds. The summed E-state index contributed by atoms with van der Waals surface area (Å²) in [6.07, 6.45) is 5.23. The maximum atomic E-state index is 12.2. The van der Waals surface area contributed by atoms with Crippen LogP contribution in [0.3, 0.4) is 0 Å². The third-order valence-electron chi connectivity index (χ3n) is 3.64. The number of esters is 1. The van der Waals surface area contributed by atoms with Crippen molar-refractivity contribution in [1.82, 2.24) is 10.3 Å². The first-order chi connectivity index (χ1) is 9.59. The number of amides is 1. The minimum Gasteiger partial charge on any atom is -0.505 e. The van der Waals surface area contributed by atoms with Gasteiger partial charge in [-0.25, -0.2) is 9.78 Å². The first-order valence-electron chi connectivity index (χ1n) is 6.64. The molecule has 20 heavy (non-hydrogen) atoms. The van der Waals surface area contributed by atoms with E-state index in [0.29, 0.717) is 12.8 Å². The fraction of sp³-hybridized carbons (Fsp3) is 0.500. The zero-order valence-electron chi connectivity index (χ0n) is 11.4. The first kappa shape index (κ1) is 14.3. The van der Waals surface area contributed by atoms with Crippen molar-refractivity contribution in [2.45, 2.75) is 37.6 Å². The third-order valence-corrected chi connectivity index (χ3v) is 3.64. The molecule has 1 saturated carbocycles. The van der Waals surface area contributed by atoms with Gasteiger partial charge in [-0.2, -0.15) is 0 Å². The van der Waals surface area contributed by atoms with Gasteiger partial charge in [0.15, 0.2) is 5.69 Å². The largest absolute Gasteiger partial charge is 0.505 e. The quantitative estimate of drug-likeness (QED) is 0.816. The lowest BCUT2D eigenvalue weighted by atomic mass is 9.81. The van der Waals surface area contributed by atoms with Crippen LogP contribution in [-0.2, 0) is 9.53 Å². The molecule has 0 aromatic carbocycles. The van der Waals surface area contributed by atoms with E-state index in [-0.39, 0.29) is 11.4 Å². The van der Waals surface area contributed by atoms with E-state index in [9.17, 15) is 14.7 Å². The number of pyridine rings is 1. The van der Waals surface area contributed by atoms with E-state index in [0.717, 1.165) is 19.3 Å². The number of aromatic hydroxyl groups is 1. The first-order valence-corrected chi connectivity index (χ1v) is 6.64. The molecule has 1 aliphatic rings. The minimum absolute atomic E-state index is 0.0821. The van der Waals surface area contributed by atoms with Crippen molar-refractivity contribution >= 4 is 11.9 Å². The van der Waals surface area contributed by atoms with Crippen LogP contribution in [-0.4, -0.2) is 34.6 Å². The third kappa shape index (κ3) is 2.74. The average Bonchev–Trinajstić information content (AvgIpc) is 2.47. The fourth-order valence-corrected chi connectivity index (χ4v) is 2.58. The zero-order valence-corrected chi connectivity index (χ0v) is 11.4. The highest BCUT2D eigenvalue weighted by molar-refractivity contribution is 5.98. The van der Waals surface area contributed by atoms with Crippen LogP contribution in [0.1, 0.15) is 42.6 Å². The monoisotopic (exact) mass is 278 g/mol. The van der Waals surface area contributed by atoms with Gasteiger partial charge in [0.05, 0.1) is 7.11 Å². The molecule has 0 saturated heterocycles. The second-order valence-electron chi connectivity index (χ2n) is 4.96. The minimum atomic E-state index is -1.01. The lowest BCUT2D eigenvalue weighted by molar-refractivity contribution is -0.149. The van der Waals surface area contributed by atoms with Gasteiger partial charge in [-0.05, 0) is 25.0 Å². The number of carbonyl (C=O) groups is 2. The van der Waals surface area contributed by atoms with Gasteiger partial charge < -0.3 is 15.2 Å². The van der Waals surface area contributed by atoms with Crippen molar-refractivity contribution in [2.24, 2.45) is 0 Å². The van der Waals surface area contributed by atoms with Gasteiger partial charge in [-0.3, -0.25) is 4.79 Å². The predicted molar refractivity (Wildman–Crippen MR) is 71.2 cm³/mol. The molecule has 108 valence electrons. The van der Waals surface area contributed by atoms with Crippen LogP contribution in [0.25, 0.3) is 0 Å². The van der Waals surface area contributed by atoms with Crippen LogP contribution in [0, 0.1) is 0 Å². The number of aromatic nitrogens is 1. The van der Waals surface area contributed by atoms with Crippen molar-refractivity contribution in [3.8, 4) is 5.75 Å². The Morgan fingerprint density at radius 1 is 1.35 bits per heavy atom. The molecule has 6 heteroatoms. The lowest BCUT2D eigenvalue weighted by Crippen LogP contribution is -2.56. The SMILES string of the molecule is COC(=O)C1(NC(=O)c2ncccc2O)CCCCC1. The molecular formula is C14H18N2O4. The van der Waals surface area contributed by atoms with E-state index >= 15 is 0 Å². The van der Waals surface area contributed by atoms with Crippen molar-refractivity contribution in [3.05, 3.63) is 24.0 Å². The molecule has 0 atom stereocenters. The van der Waals surface area contributed by atoms with Crippen LogP contribution >= 0.6 is 0 Å². The van der Waals surface area contributed by atoms with Gasteiger partial charge in [0, 0.05) is 6.20 Å². The Bertz CT molecular complexity index is 510. The number of hydrogen-bond acceptors (Lipinski definition) is 5. The zero-order chi connectivity index (χ0) is 14.6. The Morgan fingerprint density at radius 3 is 2.65 bits per heavy atom. The number of ether oxygens (including phenoxy) is 1. The molecule has 0 spiro atoms.